The number of carboxylic acid groups (broad SMARTS) is 1. The number of anilines is 1. The van der Waals surface area contributed by atoms with Crippen molar-refractivity contribution in [3.05, 3.63) is 35.7 Å². The Hall–Kier alpha value is -2.37. The van der Waals surface area contributed by atoms with Gasteiger partial charge in [0.05, 0.1) is 11.4 Å². The van der Waals surface area contributed by atoms with Gasteiger partial charge < -0.3 is 10.8 Å². The summed E-state index contributed by atoms with van der Waals surface area (Å²) in [6, 6.07) is 7.06. The molecule has 0 atom stereocenters. The van der Waals surface area contributed by atoms with Crippen molar-refractivity contribution in [1.29, 1.82) is 0 Å². The lowest BCUT2D eigenvalue weighted by Gasteiger charge is -2.05. The maximum Gasteiger partial charge on any atom is 0.358 e. The maximum atomic E-state index is 11.0. The highest BCUT2D eigenvalue weighted by molar-refractivity contribution is 5.86. The van der Waals surface area contributed by atoms with Gasteiger partial charge in [-0.15, -0.1) is 5.10 Å². The van der Waals surface area contributed by atoms with E-state index in [1.165, 1.54) is 4.68 Å². The smallest absolute Gasteiger partial charge is 0.358 e. The van der Waals surface area contributed by atoms with Crippen LogP contribution in [0.4, 0.5) is 5.69 Å². The Labute approximate surface area is 97.7 Å². The summed E-state index contributed by atoms with van der Waals surface area (Å²) < 4.78 is 1.50. The van der Waals surface area contributed by atoms with Crippen molar-refractivity contribution in [3.8, 4) is 5.69 Å². The molecule has 1 aromatic carbocycles. The van der Waals surface area contributed by atoms with E-state index in [0.717, 1.165) is 0 Å². The first-order valence-electron chi connectivity index (χ1n) is 5.17. The van der Waals surface area contributed by atoms with Gasteiger partial charge in [0.25, 0.3) is 0 Å². The van der Waals surface area contributed by atoms with Gasteiger partial charge in [-0.3, -0.25) is 0 Å². The summed E-state index contributed by atoms with van der Waals surface area (Å²) in [5.41, 5.74) is 7.52. The third-order valence-corrected chi connectivity index (χ3v) is 2.42. The first-order valence-corrected chi connectivity index (χ1v) is 5.17. The zero-order valence-corrected chi connectivity index (χ0v) is 9.29. The van der Waals surface area contributed by atoms with Crippen molar-refractivity contribution in [1.82, 2.24) is 15.0 Å². The molecule has 1 heterocycles. The molecule has 0 fully saturated rings. The molecule has 1 aromatic heterocycles. The molecule has 88 valence electrons. The van der Waals surface area contributed by atoms with Crippen LogP contribution in [0.2, 0.25) is 0 Å². The van der Waals surface area contributed by atoms with E-state index in [1.54, 1.807) is 24.3 Å². The largest absolute Gasteiger partial charge is 0.476 e. The molecule has 0 saturated carbocycles. The molecule has 17 heavy (non-hydrogen) atoms. The molecule has 0 spiro atoms. The Morgan fingerprint density at radius 3 is 2.88 bits per heavy atom. The number of carboxylic acids is 1. The molecule has 2 rings (SSSR count). The van der Waals surface area contributed by atoms with Crippen LogP contribution >= 0.6 is 0 Å². The zero-order valence-electron chi connectivity index (χ0n) is 9.29. The molecule has 6 heteroatoms. The first kappa shape index (κ1) is 11.1. The van der Waals surface area contributed by atoms with Crippen LogP contribution in [0.1, 0.15) is 23.1 Å². The van der Waals surface area contributed by atoms with Gasteiger partial charge in [-0.1, -0.05) is 18.2 Å². The topological polar surface area (TPSA) is 94.0 Å². The minimum absolute atomic E-state index is 0.0186. The third-order valence-electron chi connectivity index (χ3n) is 2.42. The minimum atomic E-state index is -1.07. The fourth-order valence-corrected chi connectivity index (χ4v) is 1.65. The van der Waals surface area contributed by atoms with E-state index in [-0.39, 0.29) is 5.69 Å². The summed E-state index contributed by atoms with van der Waals surface area (Å²) in [5.74, 6) is -1.07. The average Bonchev–Trinajstić information content (AvgIpc) is 2.72. The number of nitrogen functional groups attached to an aromatic ring is 1. The number of hydrogen-bond acceptors (Lipinski definition) is 4. The fourth-order valence-electron chi connectivity index (χ4n) is 1.65. The van der Waals surface area contributed by atoms with Gasteiger partial charge in [0.1, 0.15) is 0 Å². The van der Waals surface area contributed by atoms with Gasteiger partial charge in [0.15, 0.2) is 5.69 Å². The Balaban J connectivity index is 2.56. The predicted molar refractivity (Wildman–Crippen MR) is 62.1 cm³/mol. The molecule has 0 bridgehead atoms. The van der Waals surface area contributed by atoms with Gasteiger partial charge in [0, 0.05) is 5.69 Å². The number of benzene rings is 1. The quantitative estimate of drug-likeness (QED) is 0.773. The van der Waals surface area contributed by atoms with Crippen molar-refractivity contribution < 1.29 is 9.90 Å². The SMILES string of the molecule is CCc1c(C(=O)O)nnn1-c1cccc(N)c1. The van der Waals surface area contributed by atoms with E-state index < -0.39 is 5.97 Å². The lowest BCUT2D eigenvalue weighted by Crippen LogP contribution is -2.06. The molecule has 6 nitrogen and oxygen atoms in total. The van der Waals surface area contributed by atoms with Crippen molar-refractivity contribution in [2.45, 2.75) is 13.3 Å². The van der Waals surface area contributed by atoms with Crippen molar-refractivity contribution >= 4 is 11.7 Å². The molecule has 0 aliphatic heterocycles. The first-order chi connectivity index (χ1) is 8.13. The van der Waals surface area contributed by atoms with Crippen LogP contribution < -0.4 is 5.73 Å². The lowest BCUT2D eigenvalue weighted by molar-refractivity contribution is 0.0689. The summed E-state index contributed by atoms with van der Waals surface area (Å²) in [6.07, 6.45) is 0.531. The van der Waals surface area contributed by atoms with Crippen LogP contribution in [-0.4, -0.2) is 26.1 Å². The molecule has 0 aliphatic carbocycles. The summed E-state index contributed by atoms with van der Waals surface area (Å²) in [6.45, 7) is 1.86. The standard InChI is InChI=1S/C11H12N4O2/c1-2-9-10(11(16)17)13-14-15(9)8-5-3-4-7(12)6-8/h3-6H,2,12H2,1H3,(H,16,17). The second-order valence-corrected chi connectivity index (χ2v) is 3.55. The molecular formula is C11H12N4O2. The second kappa shape index (κ2) is 4.25. The van der Waals surface area contributed by atoms with E-state index in [1.807, 2.05) is 6.92 Å². The van der Waals surface area contributed by atoms with Crippen LogP contribution in [0.25, 0.3) is 5.69 Å². The fraction of sp³-hybridized carbons (Fsp3) is 0.182. The number of hydrogen-bond donors (Lipinski definition) is 2. The number of nitrogens with two attached hydrogens (primary N) is 1. The summed E-state index contributed by atoms with van der Waals surface area (Å²) in [4.78, 5) is 11.0. The van der Waals surface area contributed by atoms with Gasteiger partial charge >= 0.3 is 5.97 Å². The van der Waals surface area contributed by atoms with Crippen LogP contribution in [0, 0.1) is 0 Å². The highest BCUT2D eigenvalue weighted by atomic mass is 16.4. The predicted octanol–water partition coefficient (Wildman–Crippen LogP) is 1.11. The van der Waals surface area contributed by atoms with Gasteiger partial charge in [-0.2, -0.15) is 0 Å². The Bertz CT molecular complexity index is 562. The molecule has 0 aliphatic rings. The molecule has 0 saturated heterocycles. The van der Waals surface area contributed by atoms with Crippen molar-refractivity contribution in [3.63, 3.8) is 0 Å². The Kier molecular flexibility index (Phi) is 2.78. The van der Waals surface area contributed by atoms with E-state index in [9.17, 15) is 4.79 Å². The van der Waals surface area contributed by atoms with Crippen LogP contribution in [0.15, 0.2) is 24.3 Å². The number of rotatable bonds is 3. The van der Waals surface area contributed by atoms with Crippen molar-refractivity contribution in [2.24, 2.45) is 0 Å². The van der Waals surface area contributed by atoms with Crippen LogP contribution in [-0.2, 0) is 6.42 Å². The van der Waals surface area contributed by atoms with Crippen LogP contribution in [0.3, 0.4) is 0 Å². The monoisotopic (exact) mass is 232 g/mol. The molecule has 0 unspecified atom stereocenters. The number of nitrogens with zero attached hydrogens (tertiary/aromatic N) is 3. The normalized spacial score (nSPS) is 10.4. The molecular weight excluding hydrogens is 220 g/mol. The highest BCUT2D eigenvalue weighted by Gasteiger charge is 2.18. The lowest BCUT2D eigenvalue weighted by atomic mass is 10.2. The van der Waals surface area contributed by atoms with E-state index in [2.05, 4.69) is 10.3 Å². The second-order valence-electron chi connectivity index (χ2n) is 3.55. The molecule has 0 radical (unpaired) electrons. The Morgan fingerprint density at radius 2 is 2.29 bits per heavy atom. The van der Waals surface area contributed by atoms with E-state index in [4.69, 9.17) is 10.8 Å². The molecule has 0 amide bonds. The summed E-state index contributed by atoms with van der Waals surface area (Å²) in [5, 5.41) is 16.5. The van der Waals surface area contributed by atoms with Crippen LogP contribution in [0.5, 0.6) is 0 Å². The highest BCUT2D eigenvalue weighted by Crippen LogP contribution is 2.16. The summed E-state index contributed by atoms with van der Waals surface area (Å²) in [7, 11) is 0. The summed E-state index contributed by atoms with van der Waals surface area (Å²) >= 11 is 0. The van der Waals surface area contributed by atoms with E-state index in [0.29, 0.717) is 23.5 Å². The van der Waals surface area contributed by atoms with Gasteiger partial charge in [-0.05, 0) is 24.6 Å². The van der Waals surface area contributed by atoms with Crippen molar-refractivity contribution in [2.75, 3.05) is 5.73 Å². The molecule has 2 aromatic rings. The maximum absolute atomic E-state index is 11.0. The number of aromatic nitrogens is 3. The average molecular weight is 232 g/mol. The van der Waals surface area contributed by atoms with Gasteiger partial charge in [-0.25, -0.2) is 9.48 Å². The minimum Gasteiger partial charge on any atom is -0.476 e. The van der Waals surface area contributed by atoms with Gasteiger partial charge in [0.2, 0.25) is 0 Å². The number of aromatic carboxylic acids is 1. The molecule has 3 N–H and O–H groups in total. The number of carbonyl (C=O) groups is 1. The zero-order chi connectivity index (χ0) is 12.4. The van der Waals surface area contributed by atoms with E-state index >= 15 is 0 Å². The Morgan fingerprint density at radius 1 is 1.53 bits per heavy atom. The third kappa shape index (κ3) is 1.96.